The standard InChI is InChI=1S/C24H27FN8/c1-31(2)20-5-18(7-26-8-20)21-12-33(30-29-21)11-19-10-32-9-17(3-4-22(32)28-19)6-27-16-23-13-24(25,14-23)15-23/h3-5,7-10,12,27H,6,11,13-16H2,1-2H3. The van der Waals surface area contributed by atoms with E-state index in [9.17, 15) is 4.39 Å². The van der Waals surface area contributed by atoms with Gasteiger partial charge in [-0.15, -0.1) is 5.10 Å². The van der Waals surface area contributed by atoms with E-state index in [-0.39, 0.29) is 5.41 Å². The molecule has 0 radical (unpaired) electrons. The summed E-state index contributed by atoms with van der Waals surface area (Å²) in [5.74, 6) is 0. The molecule has 2 bridgehead atoms. The molecule has 0 aromatic carbocycles. The van der Waals surface area contributed by atoms with Crippen LogP contribution in [0.15, 0.2) is 49.2 Å². The Morgan fingerprint density at radius 1 is 1.12 bits per heavy atom. The summed E-state index contributed by atoms with van der Waals surface area (Å²) in [6.07, 6.45) is 11.9. The fourth-order valence-corrected chi connectivity index (χ4v) is 5.28. The van der Waals surface area contributed by atoms with Crippen LogP contribution >= 0.6 is 0 Å². The fraction of sp³-hybridized carbons (Fsp3) is 0.417. The van der Waals surface area contributed by atoms with Crippen LogP contribution in [0.5, 0.6) is 0 Å². The smallest absolute Gasteiger partial charge is 0.137 e. The van der Waals surface area contributed by atoms with Crippen molar-refractivity contribution in [3.63, 3.8) is 0 Å². The normalized spacial score (nSPS) is 23.4. The molecule has 33 heavy (non-hydrogen) atoms. The van der Waals surface area contributed by atoms with E-state index in [1.54, 1.807) is 10.9 Å². The van der Waals surface area contributed by atoms with Crippen LogP contribution in [0.25, 0.3) is 16.9 Å². The van der Waals surface area contributed by atoms with Gasteiger partial charge in [-0.2, -0.15) is 0 Å². The second kappa shape index (κ2) is 7.34. The van der Waals surface area contributed by atoms with Crippen molar-refractivity contribution < 1.29 is 4.39 Å². The third-order valence-corrected chi connectivity index (χ3v) is 6.87. The first-order valence-electron chi connectivity index (χ1n) is 11.3. The van der Waals surface area contributed by atoms with Gasteiger partial charge in [0, 0.05) is 51.3 Å². The van der Waals surface area contributed by atoms with Crippen molar-refractivity contribution in [3.8, 4) is 11.3 Å². The molecule has 4 aromatic heterocycles. The summed E-state index contributed by atoms with van der Waals surface area (Å²) in [6, 6.07) is 6.17. The largest absolute Gasteiger partial charge is 0.376 e. The average Bonchev–Trinajstić information content (AvgIpc) is 3.38. The molecule has 0 unspecified atom stereocenters. The van der Waals surface area contributed by atoms with E-state index in [0.717, 1.165) is 60.6 Å². The molecule has 4 heterocycles. The molecule has 170 valence electrons. The number of imidazole rings is 1. The van der Waals surface area contributed by atoms with Gasteiger partial charge in [-0.3, -0.25) is 4.98 Å². The lowest BCUT2D eigenvalue weighted by Gasteiger charge is -2.66. The third kappa shape index (κ3) is 3.76. The molecule has 9 heteroatoms. The van der Waals surface area contributed by atoms with E-state index in [4.69, 9.17) is 4.98 Å². The summed E-state index contributed by atoms with van der Waals surface area (Å²) in [7, 11) is 3.97. The zero-order valence-electron chi connectivity index (χ0n) is 18.9. The number of rotatable bonds is 8. The predicted molar refractivity (Wildman–Crippen MR) is 124 cm³/mol. The number of nitrogens with zero attached hydrogens (tertiary/aromatic N) is 7. The van der Waals surface area contributed by atoms with E-state index >= 15 is 0 Å². The molecule has 0 atom stereocenters. The maximum Gasteiger partial charge on any atom is 0.137 e. The van der Waals surface area contributed by atoms with Gasteiger partial charge in [-0.1, -0.05) is 11.3 Å². The molecule has 0 amide bonds. The van der Waals surface area contributed by atoms with Crippen molar-refractivity contribution >= 4 is 11.3 Å². The van der Waals surface area contributed by atoms with Gasteiger partial charge in [-0.05, 0) is 42.4 Å². The Kier molecular flexibility index (Phi) is 4.52. The van der Waals surface area contributed by atoms with Gasteiger partial charge in [0.1, 0.15) is 17.0 Å². The van der Waals surface area contributed by atoms with Crippen molar-refractivity contribution in [2.75, 3.05) is 25.5 Å². The number of aromatic nitrogens is 6. The number of hydrogen-bond donors (Lipinski definition) is 1. The van der Waals surface area contributed by atoms with Crippen LogP contribution in [0.2, 0.25) is 0 Å². The van der Waals surface area contributed by atoms with Gasteiger partial charge >= 0.3 is 0 Å². The van der Waals surface area contributed by atoms with Crippen LogP contribution in [0.3, 0.4) is 0 Å². The number of halogens is 1. The molecule has 3 saturated carbocycles. The van der Waals surface area contributed by atoms with Crippen LogP contribution in [-0.2, 0) is 13.1 Å². The Morgan fingerprint density at radius 3 is 2.76 bits per heavy atom. The Hall–Kier alpha value is -3.33. The van der Waals surface area contributed by atoms with Gasteiger partial charge in [-0.25, -0.2) is 14.1 Å². The molecule has 8 nitrogen and oxygen atoms in total. The maximum absolute atomic E-state index is 13.7. The lowest BCUT2D eigenvalue weighted by molar-refractivity contribution is -0.209. The Balaban J connectivity index is 1.11. The second-order valence-electron chi connectivity index (χ2n) is 9.95. The van der Waals surface area contributed by atoms with Crippen molar-refractivity contribution in [3.05, 3.63) is 60.4 Å². The molecular weight excluding hydrogens is 419 g/mol. The summed E-state index contributed by atoms with van der Waals surface area (Å²) >= 11 is 0. The van der Waals surface area contributed by atoms with Crippen LogP contribution < -0.4 is 10.2 Å². The van der Waals surface area contributed by atoms with Gasteiger partial charge in [0.25, 0.3) is 0 Å². The number of hydrogen-bond acceptors (Lipinski definition) is 6. The molecule has 3 fully saturated rings. The van der Waals surface area contributed by atoms with Crippen molar-refractivity contribution in [2.45, 2.75) is 38.0 Å². The highest BCUT2D eigenvalue weighted by Gasteiger charge is 2.68. The van der Waals surface area contributed by atoms with Gasteiger partial charge in [0.15, 0.2) is 0 Å². The Morgan fingerprint density at radius 2 is 1.97 bits per heavy atom. The molecule has 0 saturated heterocycles. The molecule has 7 rings (SSSR count). The molecule has 0 spiro atoms. The highest BCUT2D eigenvalue weighted by Crippen LogP contribution is 2.69. The van der Waals surface area contributed by atoms with Gasteiger partial charge in [0.2, 0.25) is 0 Å². The molecule has 3 aliphatic rings. The van der Waals surface area contributed by atoms with Crippen LogP contribution in [0.1, 0.15) is 30.5 Å². The Labute approximate surface area is 191 Å². The number of alkyl halides is 1. The summed E-state index contributed by atoms with van der Waals surface area (Å²) < 4.78 is 17.5. The number of nitrogens with one attached hydrogen (secondary N) is 1. The molecule has 4 aromatic rings. The van der Waals surface area contributed by atoms with E-state index < -0.39 is 5.67 Å². The first kappa shape index (κ1) is 20.3. The minimum atomic E-state index is -0.828. The molecule has 0 aliphatic heterocycles. The summed E-state index contributed by atoms with van der Waals surface area (Å²) in [5, 5.41) is 12.1. The van der Waals surface area contributed by atoms with Crippen molar-refractivity contribution in [2.24, 2.45) is 5.41 Å². The first-order valence-corrected chi connectivity index (χ1v) is 11.3. The summed E-state index contributed by atoms with van der Waals surface area (Å²) in [6.45, 7) is 2.21. The lowest BCUT2D eigenvalue weighted by atomic mass is 9.42. The van der Waals surface area contributed by atoms with Crippen LogP contribution in [0, 0.1) is 5.41 Å². The third-order valence-electron chi connectivity index (χ3n) is 6.87. The minimum absolute atomic E-state index is 0.224. The lowest BCUT2D eigenvalue weighted by Crippen LogP contribution is -2.67. The zero-order valence-corrected chi connectivity index (χ0v) is 18.9. The fourth-order valence-electron chi connectivity index (χ4n) is 5.28. The topological polar surface area (TPSA) is 76.2 Å². The van der Waals surface area contributed by atoms with Crippen molar-refractivity contribution in [1.29, 1.82) is 0 Å². The number of anilines is 1. The molecular formula is C24H27FN8. The highest BCUT2D eigenvalue weighted by molar-refractivity contribution is 5.62. The monoisotopic (exact) mass is 446 g/mol. The van der Waals surface area contributed by atoms with E-state index in [1.807, 2.05) is 54.1 Å². The predicted octanol–water partition coefficient (Wildman–Crippen LogP) is 3.08. The van der Waals surface area contributed by atoms with Gasteiger partial charge < -0.3 is 14.6 Å². The first-order chi connectivity index (χ1) is 15.9. The van der Waals surface area contributed by atoms with E-state index in [1.165, 1.54) is 5.56 Å². The summed E-state index contributed by atoms with van der Waals surface area (Å²) in [4.78, 5) is 11.0. The van der Waals surface area contributed by atoms with E-state index in [2.05, 4.69) is 32.9 Å². The molecule has 3 aliphatic carbocycles. The van der Waals surface area contributed by atoms with Crippen LogP contribution in [-0.4, -0.2) is 55.7 Å². The van der Waals surface area contributed by atoms with E-state index in [0.29, 0.717) is 6.54 Å². The minimum Gasteiger partial charge on any atom is -0.376 e. The number of pyridine rings is 2. The number of fused-ring (bicyclic) bond motifs is 1. The Bertz CT molecular complexity index is 1300. The highest BCUT2D eigenvalue weighted by atomic mass is 19.1. The quantitative estimate of drug-likeness (QED) is 0.448. The van der Waals surface area contributed by atoms with Crippen molar-refractivity contribution in [1.82, 2.24) is 34.7 Å². The average molecular weight is 447 g/mol. The maximum atomic E-state index is 13.7. The summed E-state index contributed by atoms with van der Waals surface area (Å²) in [5.41, 5.74) is 5.13. The zero-order chi connectivity index (χ0) is 22.6. The SMILES string of the molecule is CN(C)c1cncc(-c2cn(Cc3cn4cc(CNCC56CC(F)(C5)C6)ccc4n3)nn2)c1. The van der Waals surface area contributed by atoms with Crippen LogP contribution in [0.4, 0.5) is 10.1 Å². The molecule has 1 N–H and O–H groups in total. The second-order valence-corrected chi connectivity index (χ2v) is 9.95. The van der Waals surface area contributed by atoms with Gasteiger partial charge in [0.05, 0.1) is 30.3 Å².